The van der Waals surface area contributed by atoms with E-state index in [1.54, 1.807) is 0 Å². The summed E-state index contributed by atoms with van der Waals surface area (Å²) in [5, 5.41) is 10.4. The topological polar surface area (TPSA) is 84.6 Å². The lowest BCUT2D eigenvalue weighted by molar-refractivity contribution is 0.145. The van der Waals surface area contributed by atoms with E-state index in [2.05, 4.69) is 25.8 Å². The summed E-state index contributed by atoms with van der Waals surface area (Å²) in [4.78, 5) is 8.84. The van der Waals surface area contributed by atoms with Crippen LogP contribution in [0, 0.1) is 0 Å². The molecule has 2 N–H and O–H groups in total. The third-order valence-corrected chi connectivity index (χ3v) is 2.79. The average molecular weight is 439 g/mol. The molecule has 23 heavy (non-hydrogen) atoms. The quantitative estimate of drug-likeness (QED) is 0.280. The van der Waals surface area contributed by atoms with Crippen LogP contribution in [0.25, 0.3) is 0 Å². The minimum absolute atomic E-state index is 0. The number of guanidine groups is 1. The van der Waals surface area contributed by atoms with E-state index in [-0.39, 0.29) is 29.4 Å². The highest BCUT2D eigenvalue weighted by Gasteiger charge is 2.21. The van der Waals surface area contributed by atoms with Crippen LogP contribution in [0.2, 0.25) is 0 Å². The summed E-state index contributed by atoms with van der Waals surface area (Å²) in [6.45, 7) is 13.7. The Kier molecular flexibility index (Phi) is 11.2. The van der Waals surface area contributed by atoms with Gasteiger partial charge in [-0.15, -0.1) is 24.0 Å². The maximum absolute atomic E-state index is 5.31. The zero-order valence-electron chi connectivity index (χ0n) is 14.8. The lowest BCUT2D eigenvalue weighted by Gasteiger charge is -2.11. The molecular weight excluding hydrogens is 409 g/mol. The summed E-state index contributed by atoms with van der Waals surface area (Å²) in [7, 11) is 0. The van der Waals surface area contributed by atoms with Crippen LogP contribution in [0.5, 0.6) is 0 Å². The van der Waals surface area contributed by atoms with Crippen molar-refractivity contribution in [3.8, 4) is 0 Å². The number of halogens is 1. The Morgan fingerprint density at radius 3 is 2.57 bits per heavy atom. The second-order valence-electron chi connectivity index (χ2n) is 5.94. The van der Waals surface area contributed by atoms with E-state index in [1.807, 2.05) is 34.6 Å². The smallest absolute Gasteiger partial charge is 0.232 e. The van der Waals surface area contributed by atoms with E-state index in [1.165, 1.54) is 0 Å². The molecular formula is C15H30IN5O2. The zero-order valence-corrected chi connectivity index (χ0v) is 17.1. The van der Waals surface area contributed by atoms with Crippen LogP contribution in [0.4, 0.5) is 0 Å². The van der Waals surface area contributed by atoms with Crippen molar-refractivity contribution in [1.82, 2.24) is 20.8 Å². The van der Waals surface area contributed by atoms with Gasteiger partial charge in [-0.3, -0.25) is 0 Å². The van der Waals surface area contributed by atoms with E-state index in [0.717, 1.165) is 38.7 Å². The van der Waals surface area contributed by atoms with Crippen molar-refractivity contribution >= 4 is 29.9 Å². The fourth-order valence-electron chi connectivity index (χ4n) is 1.64. The molecule has 0 spiro atoms. The van der Waals surface area contributed by atoms with Crippen LogP contribution in [0.3, 0.4) is 0 Å². The van der Waals surface area contributed by atoms with Crippen LogP contribution in [-0.2, 0) is 16.7 Å². The van der Waals surface area contributed by atoms with Crippen molar-refractivity contribution in [2.45, 2.75) is 53.0 Å². The van der Waals surface area contributed by atoms with Gasteiger partial charge >= 0.3 is 0 Å². The van der Waals surface area contributed by atoms with Gasteiger partial charge in [0.15, 0.2) is 11.8 Å². The molecule has 8 heteroatoms. The first kappa shape index (κ1) is 22.1. The summed E-state index contributed by atoms with van der Waals surface area (Å²) in [5.41, 5.74) is -0.142. The van der Waals surface area contributed by atoms with Crippen LogP contribution < -0.4 is 10.6 Å². The normalized spacial score (nSPS) is 12.0. The molecule has 0 saturated heterocycles. The minimum Gasteiger partial charge on any atom is -0.382 e. The van der Waals surface area contributed by atoms with E-state index < -0.39 is 0 Å². The number of nitrogens with one attached hydrogen (secondary N) is 2. The molecule has 0 radical (unpaired) electrons. The lowest BCUT2D eigenvalue weighted by atomic mass is 9.97. The highest BCUT2D eigenvalue weighted by molar-refractivity contribution is 14.0. The Morgan fingerprint density at radius 2 is 2.00 bits per heavy atom. The van der Waals surface area contributed by atoms with Gasteiger partial charge in [-0.25, -0.2) is 4.99 Å². The summed E-state index contributed by atoms with van der Waals surface area (Å²) in [6, 6.07) is 0. The standard InChI is InChI=1S/C15H29N5O2.HI/c1-6-16-14(17-9-8-10-21-7-2)18-11-12-19-13(22-20-12)15(3,4)5;/h6-11H2,1-5H3,(H2,16,17,18);1H. The number of hydrogen-bond acceptors (Lipinski definition) is 5. The van der Waals surface area contributed by atoms with Gasteiger partial charge in [-0.2, -0.15) is 4.98 Å². The first-order valence-electron chi connectivity index (χ1n) is 7.90. The molecule has 0 aromatic carbocycles. The first-order chi connectivity index (χ1) is 10.5. The molecule has 0 unspecified atom stereocenters. The Morgan fingerprint density at radius 1 is 1.26 bits per heavy atom. The Hall–Kier alpha value is -0.900. The maximum atomic E-state index is 5.31. The van der Waals surface area contributed by atoms with Crippen molar-refractivity contribution < 1.29 is 9.26 Å². The summed E-state index contributed by atoms with van der Waals surface area (Å²) in [6.07, 6.45) is 0.939. The molecule has 0 aliphatic rings. The highest BCUT2D eigenvalue weighted by Crippen LogP contribution is 2.19. The molecule has 1 aromatic rings. The van der Waals surface area contributed by atoms with E-state index in [9.17, 15) is 0 Å². The number of nitrogens with zero attached hydrogens (tertiary/aromatic N) is 3. The monoisotopic (exact) mass is 439 g/mol. The predicted octanol–water partition coefficient (Wildman–Crippen LogP) is 2.47. The largest absolute Gasteiger partial charge is 0.382 e. The van der Waals surface area contributed by atoms with Crippen LogP contribution in [0.1, 0.15) is 52.8 Å². The second kappa shape index (κ2) is 11.6. The Labute approximate surface area is 156 Å². The molecule has 0 aliphatic carbocycles. The molecule has 134 valence electrons. The molecule has 7 nitrogen and oxygen atoms in total. The third kappa shape index (κ3) is 9.09. The Bertz CT molecular complexity index is 457. The van der Waals surface area contributed by atoms with Gasteiger partial charge in [-0.1, -0.05) is 25.9 Å². The van der Waals surface area contributed by atoms with E-state index >= 15 is 0 Å². The van der Waals surface area contributed by atoms with Crippen molar-refractivity contribution in [2.75, 3.05) is 26.3 Å². The van der Waals surface area contributed by atoms with Gasteiger partial charge in [0, 0.05) is 31.7 Å². The van der Waals surface area contributed by atoms with Gasteiger partial charge in [0.25, 0.3) is 0 Å². The zero-order chi connectivity index (χ0) is 16.4. The van der Waals surface area contributed by atoms with Gasteiger partial charge in [0.05, 0.1) is 0 Å². The molecule has 0 amide bonds. The van der Waals surface area contributed by atoms with Crippen LogP contribution >= 0.6 is 24.0 Å². The molecule has 0 fully saturated rings. The molecule has 0 aliphatic heterocycles. The van der Waals surface area contributed by atoms with Crippen molar-refractivity contribution in [3.05, 3.63) is 11.7 Å². The number of ether oxygens (including phenoxy) is 1. The molecule has 1 rings (SSSR count). The number of aromatic nitrogens is 2. The van der Waals surface area contributed by atoms with Gasteiger partial charge < -0.3 is 19.9 Å². The molecule has 0 saturated carbocycles. The van der Waals surface area contributed by atoms with E-state index in [0.29, 0.717) is 18.3 Å². The fourth-order valence-corrected chi connectivity index (χ4v) is 1.64. The van der Waals surface area contributed by atoms with Crippen molar-refractivity contribution in [1.29, 1.82) is 0 Å². The molecule has 1 heterocycles. The third-order valence-electron chi connectivity index (χ3n) is 2.79. The fraction of sp³-hybridized carbons (Fsp3) is 0.800. The first-order valence-corrected chi connectivity index (χ1v) is 7.90. The van der Waals surface area contributed by atoms with Gasteiger partial charge in [0.2, 0.25) is 5.89 Å². The maximum Gasteiger partial charge on any atom is 0.232 e. The van der Waals surface area contributed by atoms with Crippen molar-refractivity contribution in [3.63, 3.8) is 0 Å². The second-order valence-corrected chi connectivity index (χ2v) is 5.94. The summed E-state index contributed by atoms with van der Waals surface area (Å²) >= 11 is 0. The predicted molar refractivity (Wildman–Crippen MR) is 102 cm³/mol. The number of aliphatic imine (C=N–C) groups is 1. The van der Waals surface area contributed by atoms with Crippen molar-refractivity contribution in [2.24, 2.45) is 4.99 Å². The van der Waals surface area contributed by atoms with Crippen LogP contribution in [0.15, 0.2) is 9.52 Å². The van der Waals surface area contributed by atoms with E-state index in [4.69, 9.17) is 9.26 Å². The number of rotatable bonds is 8. The summed E-state index contributed by atoms with van der Waals surface area (Å²) in [5.74, 6) is 1.98. The molecule has 0 atom stereocenters. The number of hydrogen-bond donors (Lipinski definition) is 2. The SMILES string of the molecule is CCNC(=NCc1noc(C(C)(C)C)n1)NCCCOCC.I. The van der Waals surface area contributed by atoms with Crippen LogP contribution in [-0.4, -0.2) is 42.4 Å². The molecule has 1 aromatic heterocycles. The summed E-state index contributed by atoms with van der Waals surface area (Å²) < 4.78 is 10.6. The minimum atomic E-state index is -0.142. The average Bonchev–Trinajstić information content (AvgIpc) is 2.93. The lowest BCUT2D eigenvalue weighted by Crippen LogP contribution is -2.38. The Balaban J connectivity index is 0.00000484. The highest BCUT2D eigenvalue weighted by atomic mass is 127. The van der Waals surface area contributed by atoms with Gasteiger partial charge in [0.1, 0.15) is 6.54 Å². The van der Waals surface area contributed by atoms with Gasteiger partial charge in [-0.05, 0) is 20.3 Å². The molecule has 0 bridgehead atoms.